The Morgan fingerprint density at radius 3 is 2.44 bits per heavy atom. The summed E-state index contributed by atoms with van der Waals surface area (Å²) in [4.78, 5) is 17.0. The van der Waals surface area contributed by atoms with Gasteiger partial charge in [-0.25, -0.2) is 4.79 Å². The van der Waals surface area contributed by atoms with Crippen LogP contribution in [0.5, 0.6) is 0 Å². The van der Waals surface area contributed by atoms with Crippen molar-refractivity contribution >= 4 is 20.1 Å². The number of aliphatic hydroxyl groups is 1. The van der Waals surface area contributed by atoms with Gasteiger partial charge in [0.1, 0.15) is 0 Å². The van der Waals surface area contributed by atoms with Crippen LogP contribution < -0.4 is 5.73 Å². The maximum absolute atomic E-state index is 13.2. The molecule has 8 nitrogen and oxygen atoms in total. The third-order valence-corrected chi connectivity index (χ3v) is 11.5. The normalized spacial score (nSPS) is 22.0. The Labute approximate surface area is 262 Å². The second-order valence-corrected chi connectivity index (χ2v) is 20.0. The zero-order chi connectivity index (χ0) is 31.5. The molecule has 1 heterocycles. The summed E-state index contributed by atoms with van der Waals surface area (Å²) in [5.41, 5.74) is 6.15. The highest BCUT2D eigenvalue weighted by Crippen LogP contribution is 2.46. The van der Waals surface area contributed by atoms with Gasteiger partial charge in [0.05, 0.1) is 12.2 Å². The number of nitrogens with two attached hydrogens (primary N) is 1. The summed E-state index contributed by atoms with van der Waals surface area (Å²) in [6, 6.07) is 10.8. The number of hydrogen-bond acceptors (Lipinski definition) is 5. The van der Waals surface area contributed by atoms with Crippen LogP contribution in [0.3, 0.4) is 0 Å². The molecule has 0 bridgehead atoms. The number of benzene rings is 1. The fourth-order valence-corrected chi connectivity index (χ4v) is 8.18. The highest BCUT2D eigenvalue weighted by molar-refractivity contribution is 6.76. The van der Waals surface area contributed by atoms with Crippen molar-refractivity contribution in [1.29, 1.82) is 5.41 Å². The van der Waals surface area contributed by atoms with E-state index in [4.69, 9.17) is 20.6 Å². The Bertz CT molecular complexity index is 984. The number of amides is 1. The average Bonchev–Trinajstić information content (AvgIpc) is 2.98. The minimum absolute atomic E-state index is 0.0426. The van der Waals surface area contributed by atoms with E-state index in [1.807, 2.05) is 42.3 Å². The van der Waals surface area contributed by atoms with E-state index >= 15 is 0 Å². The van der Waals surface area contributed by atoms with E-state index in [0.717, 1.165) is 43.7 Å². The van der Waals surface area contributed by atoms with Crippen molar-refractivity contribution in [1.82, 2.24) is 9.80 Å². The lowest BCUT2D eigenvalue weighted by Gasteiger charge is -2.52. The van der Waals surface area contributed by atoms with Crippen molar-refractivity contribution in [2.75, 3.05) is 40.5 Å². The molecule has 1 aromatic rings. The zero-order valence-electron chi connectivity index (χ0n) is 27.7. The van der Waals surface area contributed by atoms with Crippen LogP contribution in [0.4, 0.5) is 4.79 Å². The highest BCUT2D eigenvalue weighted by atomic mass is 28.3. The first-order valence-corrected chi connectivity index (χ1v) is 20.4. The summed E-state index contributed by atoms with van der Waals surface area (Å²) < 4.78 is 11.1. The van der Waals surface area contributed by atoms with Gasteiger partial charge in [-0.2, -0.15) is 0 Å². The summed E-state index contributed by atoms with van der Waals surface area (Å²) >= 11 is 0. The van der Waals surface area contributed by atoms with Crippen LogP contribution in [0.25, 0.3) is 0 Å². The molecule has 4 N–H and O–H groups in total. The standard InChI is InChI=1S/C34H60N4O4Si/c1-37(33(39)42-23-24-43(3,4)5)26-28(25-27-15-8-6-9-16-27)31-30(19-14-21-38(31)32(35)36)34(40,20-12-13-22-41-2)29-17-10-7-11-18-29/h7,10-11,17-18,27-28,30-31,40H,6,8-9,12-16,19-26H2,1-5H3,(H3,35,36)/t28-,30?,31?,34+/m0/s1. The monoisotopic (exact) mass is 616 g/mol. The molecule has 244 valence electrons. The topological polar surface area (TPSA) is 112 Å². The molecular formula is C34H60N4O4Si. The number of ether oxygens (including phenoxy) is 2. The van der Waals surface area contributed by atoms with E-state index < -0.39 is 13.7 Å². The van der Waals surface area contributed by atoms with Crippen LogP contribution in [0, 0.1) is 23.2 Å². The minimum Gasteiger partial charge on any atom is -0.450 e. The molecule has 0 spiro atoms. The average molecular weight is 617 g/mol. The fourth-order valence-electron chi connectivity index (χ4n) is 7.47. The second kappa shape index (κ2) is 16.8. The molecule has 0 radical (unpaired) electrons. The van der Waals surface area contributed by atoms with Gasteiger partial charge in [-0.05, 0) is 62.0 Å². The maximum atomic E-state index is 13.2. The van der Waals surface area contributed by atoms with Gasteiger partial charge in [0.15, 0.2) is 5.96 Å². The zero-order valence-corrected chi connectivity index (χ0v) is 28.7. The third-order valence-electron chi connectivity index (χ3n) is 9.78. The molecule has 2 aliphatic rings. The molecule has 4 atom stereocenters. The van der Waals surface area contributed by atoms with Crippen LogP contribution in [-0.4, -0.2) is 81.5 Å². The van der Waals surface area contributed by atoms with Crippen LogP contribution in [0.1, 0.15) is 76.2 Å². The number of carbonyl (C=O) groups is 1. The molecule has 43 heavy (non-hydrogen) atoms. The number of carbonyl (C=O) groups excluding carboxylic acids is 1. The Morgan fingerprint density at radius 1 is 1.12 bits per heavy atom. The molecule has 2 fully saturated rings. The number of likely N-dealkylation sites (tertiary alicyclic amines) is 1. The van der Waals surface area contributed by atoms with Crippen molar-refractivity contribution in [3.05, 3.63) is 35.9 Å². The van der Waals surface area contributed by atoms with Gasteiger partial charge in [-0.1, -0.05) is 82.1 Å². The lowest BCUT2D eigenvalue weighted by molar-refractivity contribution is -0.0928. The van der Waals surface area contributed by atoms with E-state index in [0.29, 0.717) is 38.6 Å². The fraction of sp³-hybridized carbons (Fsp3) is 0.765. The van der Waals surface area contributed by atoms with Gasteiger partial charge < -0.3 is 30.1 Å². The summed E-state index contributed by atoms with van der Waals surface area (Å²) in [6.45, 7) is 9.17. The quantitative estimate of drug-likeness (QED) is 0.0880. The van der Waals surface area contributed by atoms with Crippen LogP contribution >= 0.6 is 0 Å². The van der Waals surface area contributed by atoms with Crippen LogP contribution in [-0.2, 0) is 15.1 Å². The van der Waals surface area contributed by atoms with E-state index in [9.17, 15) is 9.90 Å². The lowest BCUT2D eigenvalue weighted by Crippen LogP contribution is -2.61. The van der Waals surface area contributed by atoms with Crippen molar-refractivity contribution < 1.29 is 19.4 Å². The van der Waals surface area contributed by atoms with Gasteiger partial charge in [-0.15, -0.1) is 0 Å². The van der Waals surface area contributed by atoms with E-state index in [1.165, 1.54) is 32.1 Å². The van der Waals surface area contributed by atoms with Crippen LogP contribution in [0.15, 0.2) is 30.3 Å². The number of rotatable bonds is 15. The number of guanidine groups is 1. The van der Waals surface area contributed by atoms with Gasteiger partial charge in [-0.3, -0.25) is 5.41 Å². The Kier molecular flexibility index (Phi) is 13.8. The van der Waals surface area contributed by atoms with Crippen molar-refractivity contribution in [3.8, 4) is 0 Å². The van der Waals surface area contributed by atoms with Gasteiger partial charge >= 0.3 is 6.09 Å². The molecule has 2 unspecified atom stereocenters. The summed E-state index contributed by atoms with van der Waals surface area (Å²) in [6.07, 6.45) is 10.8. The number of piperidine rings is 1. The smallest absolute Gasteiger partial charge is 0.409 e. The number of unbranched alkanes of at least 4 members (excludes halogenated alkanes) is 1. The molecule has 1 aromatic carbocycles. The van der Waals surface area contributed by atoms with Crippen molar-refractivity contribution in [2.45, 2.75) is 108 Å². The summed E-state index contributed by atoms with van der Waals surface area (Å²) in [5.74, 6) is 0.525. The molecule has 1 amide bonds. The molecule has 1 aliphatic heterocycles. The molecule has 0 aromatic heterocycles. The molecule has 1 saturated heterocycles. The van der Waals surface area contributed by atoms with E-state index in [1.54, 1.807) is 12.0 Å². The predicted molar refractivity (Wildman–Crippen MR) is 178 cm³/mol. The summed E-state index contributed by atoms with van der Waals surface area (Å²) in [7, 11) is 2.23. The van der Waals surface area contributed by atoms with Crippen molar-refractivity contribution in [3.63, 3.8) is 0 Å². The molecular weight excluding hydrogens is 556 g/mol. The predicted octanol–water partition coefficient (Wildman–Crippen LogP) is 6.66. The van der Waals surface area contributed by atoms with Gasteiger partial charge in [0.2, 0.25) is 0 Å². The highest BCUT2D eigenvalue weighted by Gasteiger charge is 2.49. The Hall–Kier alpha value is -2.10. The molecule has 3 rings (SSSR count). The number of nitrogens with one attached hydrogen (secondary N) is 1. The Balaban J connectivity index is 1.98. The van der Waals surface area contributed by atoms with Crippen molar-refractivity contribution in [2.24, 2.45) is 23.5 Å². The minimum atomic E-state index is -1.32. The van der Waals surface area contributed by atoms with E-state index in [-0.39, 0.29) is 29.9 Å². The first kappa shape index (κ1) is 35.4. The molecule has 9 heteroatoms. The van der Waals surface area contributed by atoms with Gasteiger partial charge in [0.25, 0.3) is 0 Å². The first-order chi connectivity index (χ1) is 20.5. The first-order valence-electron chi connectivity index (χ1n) is 16.7. The van der Waals surface area contributed by atoms with Gasteiger partial charge in [0, 0.05) is 53.9 Å². The largest absolute Gasteiger partial charge is 0.450 e. The third kappa shape index (κ3) is 10.5. The Morgan fingerprint density at radius 2 is 1.81 bits per heavy atom. The summed E-state index contributed by atoms with van der Waals surface area (Å²) in [5, 5.41) is 21.4. The van der Waals surface area contributed by atoms with E-state index in [2.05, 4.69) is 19.6 Å². The SMILES string of the molecule is COCCCC[C@@](O)(c1ccccc1)C1CCCN(C(=N)N)C1[C@@H](CC1CCCCC1)CN(C)C(=O)OCC[Si](C)(C)C. The number of hydrogen-bond donors (Lipinski definition) is 3. The van der Waals surface area contributed by atoms with Crippen LogP contribution in [0.2, 0.25) is 25.7 Å². The number of methoxy groups -OCH3 is 1. The molecule has 1 saturated carbocycles. The maximum Gasteiger partial charge on any atom is 0.409 e. The second-order valence-electron chi connectivity index (χ2n) is 14.4. The number of nitrogens with zero attached hydrogens (tertiary/aromatic N) is 2. The molecule has 1 aliphatic carbocycles. The lowest BCUT2D eigenvalue weighted by atomic mass is 9.65.